The van der Waals surface area contributed by atoms with Crippen LogP contribution in [0.25, 0.3) is 0 Å². The van der Waals surface area contributed by atoms with Crippen LogP contribution in [0.1, 0.15) is 39.4 Å². The van der Waals surface area contributed by atoms with Gasteiger partial charge in [-0.1, -0.05) is 23.7 Å². The first-order valence-corrected chi connectivity index (χ1v) is 11.8. The highest BCUT2D eigenvalue weighted by molar-refractivity contribution is 7.86. The molecule has 0 radical (unpaired) electrons. The second kappa shape index (κ2) is 9.26. The molecular weight excluding hydrogens is 457 g/mol. The molecule has 1 atom stereocenters. The Morgan fingerprint density at radius 2 is 1.88 bits per heavy atom. The van der Waals surface area contributed by atoms with E-state index < -0.39 is 27.6 Å². The first kappa shape index (κ1) is 23.7. The Kier molecular flexibility index (Phi) is 6.85. The summed E-state index contributed by atoms with van der Waals surface area (Å²) < 4.78 is 43.3. The number of aromatic nitrogens is 1. The van der Waals surface area contributed by atoms with Crippen LogP contribution in [-0.4, -0.2) is 25.0 Å². The molecule has 1 unspecified atom stereocenters. The normalized spacial score (nSPS) is 12.4. The van der Waals surface area contributed by atoms with Gasteiger partial charge in [0.2, 0.25) is 5.56 Å². The molecule has 0 spiro atoms. The second-order valence-electron chi connectivity index (χ2n) is 7.53. The fourth-order valence-corrected chi connectivity index (χ4v) is 4.15. The molecule has 6 nitrogen and oxygen atoms in total. The quantitative estimate of drug-likeness (QED) is 0.375. The Bertz CT molecular complexity index is 1350. The maximum Gasteiger partial charge on any atom is 0.306 e. The van der Waals surface area contributed by atoms with Crippen LogP contribution >= 0.6 is 11.6 Å². The fraction of sp³-hybridized carbons (Fsp3) is 0.217. The minimum Gasteiger partial charge on any atom is -0.379 e. The van der Waals surface area contributed by atoms with Crippen molar-refractivity contribution in [3.63, 3.8) is 0 Å². The van der Waals surface area contributed by atoms with Gasteiger partial charge in [-0.2, -0.15) is 8.42 Å². The first-order chi connectivity index (χ1) is 14.9. The molecule has 0 saturated heterocycles. The summed E-state index contributed by atoms with van der Waals surface area (Å²) in [5, 5.41) is 0.525. The third-order valence-electron chi connectivity index (χ3n) is 5.00. The molecule has 0 saturated carbocycles. The summed E-state index contributed by atoms with van der Waals surface area (Å²) in [5.74, 6) is -2.07. The fourth-order valence-electron chi connectivity index (χ4n) is 3.46. The third kappa shape index (κ3) is 5.63. The van der Waals surface area contributed by atoms with E-state index in [-0.39, 0.29) is 17.8 Å². The maximum atomic E-state index is 14.6. The van der Waals surface area contributed by atoms with Crippen molar-refractivity contribution in [3.05, 3.63) is 98.2 Å². The predicted octanol–water partition coefficient (Wildman–Crippen LogP) is 4.23. The molecule has 2 aromatic carbocycles. The molecule has 0 aliphatic heterocycles. The number of nitrogens with zero attached hydrogens (tertiary/aromatic N) is 1. The van der Waals surface area contributed by atoms with Crippen molar-refractivity contribution < 1.29 is 21.8 Å². The molecule has 0 fully saturated rings. The van der Waals surface area contributed by atoms with Gasteiger partial charge in [0.05, 0.1) is 6.26 Å². The minimum absolute atomic E-state index is 0.00754. The summed E-state index contributed by atoms with van der Waals surface area (Å²) in [5.41, 5.74) is 2.15. The molecule has 0 amide bonds. The van der Waals surface area contributed by atoms with Crippen LogP contribution in [-0.2, 0) is 17.2 Å². The summed E-state index contributed by atoms with van der Waals surface area (Å²) >= 11 is 6.08. The Hall–Kier alpha value is -2.97. The number of rotatable bonds is 7. The van der Waals surface area contributed by atoms with Crippen molar-refractivity contribution in [1.82, 2.24) is 4.57 Å². The van der Waals surface area contributed by atoms with E-state index in [1.165, 1.54) is 35.0 Å². The molecule has 0 aliphatic carbocycles. The standard InChI is InChI=1S/C23H21ClFNO5S/c1-14-10-17(24)6-7-18(14)19(12-21(27)16-5-9-23(28)26(2)13-16)15-4-8-22(20(25)11-15)31-32(3,29)30/h4-11,13,19H,12H2,1-3H3. The number of hydrogen-bond acceptors (Lipinski definition) is 5. The lowest BCUT2D eigenvalue weighted by Gasteiger charge is -2.20. The van der Waals surface area contributed by atoms with Gasteiger partial charge in [-0.05, 0) is 53.9 Å². The van der Waals surface area contributed by atoms with Crippen molar-refractivity contribution in [3.8, 4) is 5.75 Å². The van der Waals surface area contributed by atoms with Crippen LogP contribution in [0.15, 0.2) is 59.5 Å². The van der Waals surface area contributed by atoms with Crippen molar-refractivity contribution >= 4 is 27.5 Å². The van der Waals surface area contributed by atoms with Crippen LogP contribution < -0.4 is 9.74 Å². The van der Waals surface area contributed by atoms with Crippen LogP contribution in [0.3, 0.4) is 0 Å². The Labute approximate surface area is 190 Å². The molecular formula is C23H21ClFNO5S. The second-order valence-corrected chi connectivity index (χ2v) is 9.54. The van der Waals surface area contributed by atoms with E-state index in [0.29, 0.717) is 16.1 Å². The molecule has 168 valence electrons. The van der Waals surface area contributed by atoms with Gasteiger partial charge >= 0.3 is 10.1 Å². The lowest BCUT2D eigenvalue weighted by Crippen LogP contribution is -2.18. The zero-order valence-electron chi connectivity index (χ0n) is 17.6. The number of benzene rings is 2. The summed E-state index contributed by atoms with van der Waals surface area (Å²) in [7, 11) is -2.34. The Morgan fingerprint density at radius 1 is 1.16 bits per heavy atom. The van der Waals surface area contributed by atoms with Crippen molar-refractivity contribution in [2.75, 3.05) is 6.26 Å². The van der Waals surface area contributed by atoms with Crippen molar-refractivity contribution in [1.29, 1.82) is 0 Å². The zero-order valence-corrected chi connectivity index (χ0v) is 19.2. The smallest absolute Gasteiger partial charge is 0.306 e. The molecule has 1 aromatic heterocycles. The van der Waals surface area contributed by atoms with E-state index in [4.69, 9.17) is 11.6 Å². The first-order valence-electron chi connectivity index (χ1n) is 9.59. The van der Waals surface area contributed by atoms with E-state index >= 15 is 0 Å². The highest BCUT2D eigenvalue weighted by Crippen LogP contribution is 2.34. The van der Waals surface area contributed by atoms with Crippen LogP contribution in [0.4, 0.5) is 4.39 Å². The topological polar surface area (TPSA) is 82.4 Å². The molecule has 9 heteroatoms. The van der Waals surface area contributed by atoms with E-state index in [2.05, 4.69) is 4.18 Å². The summed E-state index contributed by atoms with van der Waals surface area (Å²) in [6.07, 6.45) is 2.28. The van der Waals surface area contributed by atoms with Gasteiger partial charge in [-0.3, -0.25) is 9.59 Å². The minimum atomic E-state index is -3.90. The van der Waals surface area contributed by atoms with Gasteiger partial charge in [-0.25, -0.2) is 4.39 Å². The average molecular weight is 478 g/mol. The van der Waals surface area contributed by atoms with Gasteiger partial charge in [0, 0.05) is 42.2 Å². The summed E-state index contributed by atoms with van der Waals surface area (Å²) in [4.78, 5) is 24.7. The molecule has 0 bridgehead atoms. The molecule has 3 rings (SSSR count). The van der Waals surface area contributed by atoms with Crippen molar-refractivity contribution in [2.24, 2.45) is 7.05 Å². The van der Waals surface area contributed by atoms with E-state index in [9.17, 15) is 22.4 Å². The number of pyridine rings is 1. The predicted molar refractivity (Wildman–Crippen MR) is 121 cm³/mol. The number of aryl methyl sites for hydroxylation is 2. The van der Waals surface area contributed by atoms with Gasteiger partial charge in [-0.15, -0.1) is 0 Å². The van der Waals surface area contributed by atoms with Crippen LogP contribution in [0.5, 0.6) is 5.75 Å². The summed E-state index contributed by atoms with van der Waals surface area (Å²) in [6, 6.07) is 11.9. The van der Waals surface area contributed by atoms with Gasteiger partial charge in [0.1, 0.15) is 0 Å². The largest absolute Gasteiger partial charge is 0.379 e. The molecule has 32 heavy (non-hydrogen) atoms. The molecule has 1 heterocycles. The molecule has 0 aliphatic rings. The zero-order chi connectivity index (χ0) is 23.6. The lowest BCUT2D eigenvalue weighted by atomic mass is 9.84. The van der Waals surface area contributed by atoms with Crippen molar-refractivity contribution in [2.45, 2.75) is 19.3 Å². The summed E-state index contributed by atoms with van der Waals surface area (Å²) in [6.45, 7) is 1.84. The number of halogens is 2. The Morgan fingerprint density at radius 3 is 2.47 bits per heavy atom. The lowest BCUT2D eigenvalue weighted by molar-refractivity contribution is 0.0976. The van der Waals surface area contributed by atoms with Gasteiger partial charge in [0.15, 0.2) is 17.3 Å². The highest BCUT2D eigenvalue weighted by atomic mass is 35.5. The van der Waals surface area contributed by atoms with Gasteiger partial charge < -0.3 is 8.75 Å². The number of hydrogen-bond donors (Lipinski definition) is 0. The van der Waals surface area contributed by atoms with Crippen LogP contribution in [0, 0.1) is 12.7 Å². The van der Waals surface area contributed by atoms with E-state index in [1.54, 1.807) is 25.2 Å². The number of carbonyl (C=O) groups is 1. The average Bonchev–Trinajstić information content (AvgIpc) is 2.69. The number of carbonyl (C=O) groups excluding carboxylic acids is 1. The monoisotopic (exact) mass is 477 g/mol. The number of ketones is 1. The highest BCUT2D eigenvalue weighted by Gasteiger charge is 2.23. The van der Waals surface area contributed by atoms with Gasteiger partial charge in [0.25, 0.3) is 0 Å². The molecule has 0 N–H and O–H groups in total. The third-order valence-corrected chi connectivity index (χ3v) is 5.72. The maximum absolute atomic E-state index is 14.6. The SMILES string of the molecule is Cc1cc(Cl)ccc1C(CC(=O)c1ccc(=O)n(C)c1)c1ccc(OS(C)(=O)=O)c(F)c1. The number of Topliss-reactive ketones (excluding diaryl/α,β-unsaturated/α-hetero) is 1. The molecule has 3 aromatic rings. The van der Waals surface area contributed by atoms with E-state index in [1.807, 2.05) is 6.92 Å². The Balaban J connectivity index is 2.05. The van der Waals surface area contributed by atoms with E-state index in [0.717, 1.165) is 23.4 Å². The van der Waals surface area contributed by atoms with Crippen LogP contribution in [0.2, 0.25) is 5.02 Å².